The van der Waals surface area contributed by atoms with Gasteiger partial charge in [0.05, 0.1) is 11.9 Å². The molecule has 2 aromatic heterocycles. The fourth-order valence-electron chi connectivity index (χ4n) is 2.85. The lowest BCUT2D eigenvalue weighted by atomic mass is 10.0. The Hall–Kier alpha value is -1.75. The van der Waals surface area contributed by atoms with E-state index in [0.717, 1.165) is 37.2 Å². The highest BCUT2D eigenvalue weighted by Crippen LogP contribution is 2.25. The molecule has 0 unspecified atom stereocenters. The molecule has 0 atom stereocenters. The van der Waals surface area contributed by atoms with Crippen LogP contribution in [0.4, 0.5) is 0 Å². The number of fused-ring (bicyclic) bond motifs is 1. The fraction of sp³-hybridized carbons (Fsp3) is 0.533. The van der Waals surface area contributed by atoms with Gasteiger partial charge in [-0.15, -0.1) is 0 Å². The van der Waals surface area contributed by atoms with E-state index in [9.17, 15) is 0 Å². The van der Waals surface area contributed by atoms with Crippen LogP contribution < -0.4 is 0 Å². The summed E-state index contributed by atoms with van der Waals surface area (Å²) < 4.78 is 1.82. The van der Waals surface area contributed by atoms with E-state index >= 15 is 0 Å². The predicted molar refractivity (Wildman–Crippen MR) is 78.4 cm³/mol. The van der Waals surface area contributed by atoms with Crippen LogP contribution in [0.3, 0.4) is 0 Å². The van der Waals surface area contributed by atoms with Crippen molar-refractivity contribution < 1.29 is 0 Å². The molecule has 1 aliphatic rings. The van der Waals surface area contributed by atoms with E-state index in [2.05, 4.69) is 33.8 Å². The number of hydrogen-bond acceptors (Lipinski definition) is 4. The van der Waals surface area contributed by atoms with E-state index in [4.69, 9.17) is 0 Å². The van der Waals surface area contributed by atoms with Gasteiger partial charge in [0.1, 0.15) is 6.33 Å². The fourth-order valence-corrected chi connectivity index (χ4v) is 2.85. The van der Waals surface area contributed by atoms with E-state index in [1.165, 1.54) is 11.3 Å². The largest absolute Gasteiger partial charge is 0.300 e. The van der Waals surface area contributed by atoms with Crippen molar-refractivity contribution in [3.05, 3.63) is 30.0 Å². The number of aryl methyl sites for hydroxylation is 1. The van der Waals surface area contributed by atoms with Gasteiger partial charge in [-0.1, -0.05) is 0 Å². The van der Waals surface area contributed by atoms with Crippen molar-refractivity contribution in [2.24, 2.45) is 7.05 Å². The average Bonchev–Trinajstić information content (AvgIpc) is 2.73. The Balaban J connectivity index is 1.97. The van der Waals surface area contributed by atoms with E-state index in [1.54, 1.807) is 6.33 Å². The van der Waals surface area contributed by atoms with Crippen molar-refractivity contribution in [3.8, 4) is 11.3 Å². The van der Waals surface area contributed by atoms with Crippen molar-refractivity contribution in [1.29, 1.82) is 0 Å². The minimum absolute atomic E-state index is 0.583. The summed E-state index contributed by atoms with van der Waals surface area (Å²) in [6.45, 7) is 6.66. The lowest BCUT2D eigenvalue weighted by Gasteiger charge is -2.23. The zero-order chi connectivity index (χ0) is 14.1. The van der Waals surface area contributed by atoms with Crippen LogP contribution in [-0.4, -0.2) is 43.8 Å². The van der Waals surface area contributed by atoms with Crippen LogP contribution in [0, 0.1) is 0 Å². The summed E-state index contributed by atoms with van der Waals surface area (Å²) in [5, 5.41) is 4.25. The molecule has 0 aromatic carbocycles. The molecule has 3 heterocycles. The standard InChI is InChI=1S/C15H21N5/c1-11(2)20-6-4-13-14(5-7-20)16-10-17-15(13)12-8-18-19(3)9-12/h8-11H,4-7H2,1-3H3. The summed E-state index contributed by atoms with van der Waals surface area (Å²) in [7, 11) is 1.93. The minimum Gasteiger partial charge on any atom is -0.300 e. The Bertz CT molecular complexity index is 602. The van der Waals surface area contributed by atoms with Gasteiger partial charge in [-0.05, 0) is 20.3 Å². The first-order valence-electron chi connectivity index (χ1n) is 7.21. The van der Waals surface area contributed by atoms with Gasteiger partial charge in [0.15, 0.2) is 0 Å². The first-order chi connectivity index (χ1) is 9.65. The van der Waals surface area contributed by atoms with Gasteiger partial charge in [0.25, 0.3) is 0 Å². The van der Waals surface area contributed by atoms with E-state index in [-0.39, 0.29) is 0 Å². The number of aromatic nitrogens is 4. The van der Waals surface area contributed by atoms with Gasteiger partial charge in [0, 0.05) is 55.6 Å². The lowest BCUT2D eigenvalue weighted by Crippen LogP contribution is -2.33. The molecule has 0 bridgehead atoms. The highest BCUT2D eigenvalue weighted by atomic mass is 15.2. The summed E-state index contributed by atoms with van der Waals surface area (Å²) in [6.07, 6.45) is 7.61. The first-order valence-corrected chi connectivity index (χ1v) is 7.21. The van der Waals surface area contributed by atoms with Crippen molar-refractivity contribution in [1.82, 2.24) is 24.6 Å². The number of nitrogens with zero attached hydrogens (tertiary/aromatic N) is 5. The molecule has 0 radical (unpaired) electrons. The average molecular weight is 271 g/mol. The first kappa shape index (κ1) is 13.2. The molecule has 1 aliphatic heterocycles. The van der Waals surface area contributed by atoms with Gasteiger partial charge in [-0.3, -0.25) is 4.68 Å². The lowest BCUT2D eigenvalue weighted by molar-refractivity contribution is 0.232. The normalized spacial score (nSPS) is 16.2. The van der Waals surface area contributed by atoms with Crippen LogP contribution in [0.15, 0.2) is 18.7 Å². The van der Waals surface area contributed by atoms with Crippen LogP contribution >= 0.6 is 0 Å². The second-order valence-electron chi connectivity index (χ2n) is 5.68. The summed E-state index contributed by atoms with van der Waals surface area (Å²) in [6, 6.07) is 0.583. The van der Waals surface area contributed by atoms with Crippen molar-refractivity contribution in [2.45, 2.75) is 32.7 Å². The summed E-state index contributed by atoms with van der Waals surface area (Å²) in [5.74, 6) is 0. The van der Waals surface area contributed by atoms with Crippen LogP contribution in [-0.2, 0) is 19.9 Å². The molecular weight excluding hydrogens is 250 g/mol. The van der Waals surface area contributed by atoms with Gasteiger partial charge in [-0.25, -0.2) is 9.97 Å². The molecule has 106 valence electrons. The summed E-state index contributed by atoms with van der Waals surface area (Å²) >= 11 is 0. The summed E-state index contributed by atoms with van der Waals surface area (Å²) in [5.41, 5.74) is 4.63. The Morgan fingerprint density at radius 1 is 1.15 bits per heavy atom. The Labute approximate surface area is 119 Å². The van der Waals surface area contributed by atoms with Gasteiger partial charge in [0.2, 0.25) is 0 Å². The highest BCUT2D eigenvalue weighted by Gasteiger charge is 2.20. The minimum atomic E-state index is 0.583. The molecule has 0 fully saturated rings. The predicted octanol–water partition coefficient (Wildman–Crippen LogP) is 1.69. The number of rotatable bonds is 2. The maximum absolute atomic E-state index is 4.50. The second kappa shape index (κ2) is 5.32. The van der Waals surface area contributed by atoms with Crippen LogP contribution in [0.5, 0.6) is 0 Å². The maximum Gasteiger partial charge on any atom is 0.116 e. The molecule has 2 aromatic rings. The van der Waals surface area contributed by atoms with Crippen LogP contribution in [0.2, 0.25) is 0 Å². The van der Waals surface area contributed by atoms with E-state index in [1.807, 2.05) is 24.1 Å². The zero-order valence-electron chi connectivity index (χ0n) is 12.4. The molecule has 3 rings (SSSR count). The van der Waals surface area contributed by atoms with E-state index < -0.39 is 0 Å². The van der Waals surface area contributed by atoms with Gasteiger partial charge >= 0.3 is 0 Å². The van der Waals surface area contributed by atoms with Crippen molar-refractivity contribution >= 4 is 0 Å². The SMILES string of the molecule is CC(C)N1CCc2ncnc(-c3cnn(C)c3)c2CC1. The molecule has 5 heteroatoms. The summed E-state index contributed by atoms with van der Waals surface area (Å²) in [4.78, 5) is 11.5. The molecular formula is C15H21N5. The van der Waals surface area contributed by atoms with Crippen LogP contribution in [0.1, 0.15) is 25.1 Å². The monoisotopic (exact) mass is 271 g/mol. The van der Waals surface area contributed by atoms with Crippen molar-refractivity contribution in [2.75, 3.05) is 13.1 Å². The Morgan fingerprint density at radius 2 is 1.95 bits per heavy atom. The van der Waals surface area contributed by atoms with E-state index in [0.29, 0.717) is 6.04 Å². The maximum atomic E-state index is 4.50. The molecule has 5 nitrogen and oxygen atoms in total. The molecule has 0 aliphatic carbocycles. The Kier molecular flexibility index (Phi) is 3.53. The Morgan fingerprint density at radius 3 is 2.65 bits per heavy atom. The molecule has 0 N–H and O–H groups in total. The highest BCUT2D eigenvalue weighted by molar-refractivity contribution is 5.62. The third-order valence-electron chi connectivity index (χ3n) is 4.03. The topological polar surface area (TPSA) is 46.8 Å². The quantitative estimate of drug-likeness (QED) is 0.834. The molecule has 20 heavy (non-hydrogen) atoms. The van der Waals surface area contributed by atoms with Gasteiger partial charge < -0.3 is 4.90 Å². The van der Waals surface area contributed by atoms with Crippen molar-refractivity contribution in [3.63, 3.8) is 0 Å². The van der Waals surface area contributed by atoms with Gasteiger partial charge in [-0.2, -0.15) is 5.10 Å². The number of hydrogen-bond donors (Lipinski definition) is 0. The smallest absolute Gasteiger partial charge is 0.116 e. The molecule has 0 amide bonds. The third-order valence-corrected chi connectivity index (χ3v) is 4.03. The third kappa shape index (κ3) is 2.45. The molecule has 0 saturated carbocycles. The molecule has 0 saturated heterocycles. The van der Waals surface area contributed by atoms with Crippen LogP contribution in [0.25, 0.3) is 11.3 Å². The molecule has 0 spiro atoms. The second-order valence-corrected chi connectivity index (χ2v) is 5.68. The zero-order valence-corrected chi connectivity index (χ0v) is 12.4.